The van der Waals surface area contributed by atoms with Gasteiger partial charge in [0.15, 0.2) is 11.2 Å². The van der Waals surface area contributed by atoms with E-state index in [9.17, 15) is 23.6 Å². The number of H-pyrrole nitrogens is 1. The number of benzene rings is 1. The predicted octanol–water partition coefficient (Wildman–Crippen LogP) is 0.0943. The van der Waals surface area contributed by atoms with Crippen molar-refractivity contribution in [2.45, 2.75) is 25.4 Å². The minimum Gasteiger partial charge on any atom is -0.481 e. The van der Waals surface area contributed by atoms with Gasteiger partial charge in [0.05, 0.1) is 24.0 Å². The van der Waals surface area contributed by atoms with E-state index in [1.165, 1.54) is 12.3 Å². The van der Waals surface area contributed by atoms with Gasteiger partial charge in [-0.25, -0.2) is 19.2 Å². The highest BCUT2D eigenvalue weighted by Gasteiger charge is 2.23. The number of carboxylic acids is 2. The molecule has 1 atom stereocenters. The van der Waals surface area contributed by atoms with E-state index < -0.39 is 47.2 Å². The fourth-order valence-corrected chi connectivity index (χ4v) is 2.82. The van der Waals surface area contributed by atoms with E-state index >= 15 is 0 Å². The summed E-state index contributed by atoms with van der Waals surface area (Å²) in [4.78, 5) is 60.3. The number of amides is 1. The lowest BCUT2D eigenvalue weighted by Crippen LogP contribution is -2.41. The van der Waals surface area contributed by atoms with Crippen LogP contribution in [0.25, 0.3) is 11.2 Å². The van der Waals surface area contributed by atoms with Crippen LogP contribution in [-0.2, 0) is 16.1 Å². The highest BCUT2D eigenvalue weighted by molar-refractivity contribution is 5.97. The zero-order chi connectivity index (χ0) is 24.1. The number of aromatic amines is 1. The maximum absolute atomic E-state index is 14.5. The van der Waals surface area contributed by atoms with Gasteiger partial charge in [-0.15, -0.1) is 0 Å². The Bertz CT molecular complexity index is 1300. The van der Waals surface area contributed by atoms with E-state index in [4.69, 9.17) is 15.9 Å². The number of hydrogen-bond acceptors (Lipinski definition) is 9. The molecule has 0 saturated heterocycles. The van der Waals surface area contributed by atoms with Gasteiger partial charge in [-0.05, 0) is 24.6 Å². The molecule has 3 aromatic rings. The molecule has 0 radical (unpaired) electrons. The van der Waals surface area contributed by atoms with Crippen LogP contribution in [0, 0.1) is 5.82 Å². The van der Waals surface area contributed by atoms with Crippen molar-refractivity contribution in [2.24, 2.45) is 0 Å². The number of nitrogens with two attached hydrogens (primary N) is 1. The SMILES string of the molecule is Nc1nc2ncc(CNc3ccc(C(=O)N[C@H](CCC(=O)O)C(=O)O)c([18F])c3)nc2c(=O)[nH]1. The fourth-order valence-electron chi connectivity index (χ4n) is 2.82. The van der Waals surface area contributed by atoms with Crippen LogP contribution in [0.2, 0.25) is 0 Å². The number of fused-ring (bicyclic) bond motifs is 1. The summed E-state index contributed by atoms with van der Waals surface area (Å²) in [6.45, 7) is 0.0635. The van der Waals surface area contributed by atoms with Gasteiger partial charge in [0.2, 0.25) is 5.95 Å². The van der Waals surface area contributed by atoms with Gasteiger partial charge >= 0.3 is 11.9 Å². The minimum atomic E-state index is -1.48. The number of carbonyl (C=O) groups excluding carboxylic acids is 1. The zero-order valence-electron chi connectivity index (χ0n) is 16.8. The molecular weight excluding hydrogens is 440 g/mol. The first-order valence-electron chi connectivity index (χ1n) is 9.44. The second kappa shape index (κ2) is 9.67. The maximum Gasteiger partial charge on any atom is 0.326 e. The van der Waals surface area contributed by atoms with E-state index in [-0.39, 0.29) is 35.8 Å². The summed E-state index contributed by atoms with van der Waals surface area (Å²) < 4.78 is 14.5. The minimum absolute atomic E-state index is 0.0161. The Morgan fingerprint density at radius 2 is 1.97 bits per heavy atom. The molecule has 0 saturated carbocycles. The lowest BCUT2D eigenvalue weighted by molar-refractivity contribution is -0.140. The van der Waals surface area contributed by atoms with Crippen molar-refractivity contribution in [3.05, 3.63) is 51.8 Å². The quantitative estimate of drug-likeness (QED) is 0.253. The second-order valence-corrected chi connectivity index (χ2v) is 6.83. The van der Waals surface area contributed by atoms with Gasteiger partial charge in [0, 0.05) is 12.1 Å². The van der Waals surface area contributed by atoms with Gasteiger partial charge in [-0.2, -0.15) is 4.98 Å². The van der Waals surface area contributed by atoms with E-state index in [0.717, 1.165) is 12.1 Å². The summed E-state index contributed by atoms with van der Waals surface area (Å²) in [6.07, 6.45) is 0.535. The third-order valence-electron chi connectivity index (χ3n) is 4.42. The number of halogens is 1. The highest BCUT2D eigenvalue weighted by atomic mass is 18.2. The van der Waals surface area contributed by atoms with Crippen LogP contribution < -0.4 is 21.9 Å². The molecule has 0 spiro atoms. The molecule has 1 amide bonds. The lowest BCUT2D eigenvalue weighted by Gasteiger charge is -2.14. The first kappa shape index (κ1) is 23.1. The van der Waals surface area contributed by atoms with Crippen molar-refractivity contribution < 1.29 is 29.0 Å². The van der Waals surface area contributed by atoms with Crippen LogP contribution in [0.4, 0.5) is 16.0 Å². The number of nitrogens with zero attached hydrogens (tertiary/aromatic N) is 3. The second-order valence-electron chi connectivity index (χ2n) is 6.83. The molecule has 0 aliphatic rings. The zero-order valence-corrected chi connectivity index (χ0v) is 16.8. The van der Waals surface area contributed by atoms with Crippen molar-refractivity contribution >= 4 is 40.6 Å². The molecule has 0 aliphatic heterocycles. The number of nitrogens with one attached hydrogen (secondary N) is 3. The van der Waals surface area contributed by atoms with Crippen LogP contribution in [0.5, 0.6) is 0 Å². The van der Waals surface area contributed by atoms with Crippen LogP contribution in [0.15, 0.2) is 29.2 Å². The summed E-state index contributed by atoms with van der Waals surface area (Å²) in [5.74, 6) is -4.68. The largest absolute Gasteiger partial charge is 0.481 e. The molecule has 0 fully saturated rings. The third kappa shape index (κ3) is 5.75. The molecule has 2 heterocycles. The first-order chi connectivity index (χ1) is 15.6. The molecule has 0 bridgehead atoms. The first-order valence-corrected chi connectivity index (χ1v) is 9.44. The summed E-state index contributed by atoms with van der Waals surface area (Å²) in [6, 6.07) is 2.07. The predicted molar refractivity (Wildman–Crippen MR) is 112 cm³/mol. The van der Waals surface area contributed by atoms with Gasteiger partial charge in [0.1, 0.15) is 11.9 Å². The Hall–Kier alpha value is -4.62. The van der Waals surface area contributed by atoms with Crippen molar-refractivity contribution in [3.63, 3.8) is 0 Å². The Morgan fingerprint density at radius 1 is 1.21 bits per heavy atom. The van der Waals surface area contributed by atoms with Crippen molar-refractivity contribution in [3.8, 4) is 0 Å². The normalized spacial score (nSPS) is 11.7. The highest BCUT2D eigenvalue weighted by Crippen LogP contribution is 2.16. The van der Waals surface area contributed by atoms with Crippen LogP contribution in [-0.4, -0.2) is 54.0 Å². The smallest absolute Gasteiger partial charge is 0.326 e. The fraction of sp³-hybridized carbons (Fsp3) is 0.211. The topological polar surface area (TPSA) is 213 Å². The van der Waals surface area contributed by atoms with Crippen LogP contribution in [0.1, 0.15) is 28.9 Å². The van der Waals surface area contributed by atoms with E-state index in [1.807, 2.05) is 0 Å². The number of carbonyl (C=O) groups is 3. The molecule has 14 heteroatoms. The van der Waals surface area contributed by atoms with Gasteiger partial charge in [-0.1, -0.05) is 0 Å². The van der Waals surface area contributed by atoms with Gasteiger partial charge in [-0.3, -0.25) is 19.4 Å². The summed E-state index contributed by atoms with van der Waals surface area (Å²) in [7, 11) is 0. The van der Waals surface area contributed by atoms with E-state index in [0.29, 0.717) is 5.69 Å². The molecule has 172 valence electrons. The van der Waals surface area contributed by atoms with E-state index in [2.05, 4.69) is 30.6 Å². The molecule has 7 N–H and O–H groups in total. The van der Waals surface area contributed by atoms with Gasteiger partial charge in [0.25, 0.3) is 11.5 Å². The number of anilines is 2. The van der Waals surface area contributed by atoms with E-state index in [1.54, 1.807) is 0 Å². The van der Waals surface area contributed by atoms with Gasteiger partial charge < -0.3 is 26.6 Å². The molecule has 3 rings (SSSR count). The lowest BCUT2D eigenvalue weighted by atomic mass is 10.1. The maximum atomic E-state index is 14.5. The monoisotopic (exact) mass is 458 g/mol. The van der Waals surface area contributed by atoms with Crippen molar-refractivity contribution in [1.29, 1.82) is 0 Å². The van der Waals surface area contributed by atoms with Crippen LogP contribution in [0.3, 0.4) is 0 Å². The Morgan fingerprint density at radius 3 is 2.64 bits per heavy atom. The Balaban J connectivity index is 1.68. The summed E-state index contributed by atoms with van der Waals surface area (Å²) in [5, 5.41) is 22.8. The summed E-state index contributed by atoms with van der Waals surface area (Å²) in [5.41, 5.74) is 5.16. The Labute approximate surface area is 183 Å². The number of carboxylic acid groups (broad SMARTS) is 2. The molecule has 0 aliphatic carbocycles. The average Bonchev–Trinajstić information content (AvgIpc) is 2.74. The van der Waals surface area contributed by atoms with Crippen LogP contribution >= 0.6 is 0 Å². The standard InChI is InChI=1S/C19H18FN7O6/c20-11-5-8(1-2-10(11)16(30)25-12(18(32)33)3-4-13(28)29)22-6-9-7-23-15-14(24-9)17(31)27-19(21)26-15/h1-2,5,7,12,22H,3-4,6H2,(H,25,30)(H,28,29)(H,32,33)(H3,21,23,26,27,31)/t12-/m1/s1/i20-1. The van der Waals surface area contributed by atoms with Crippen molar-refractivity contribution in [2.75, 3.05) is 11.1 Å². The number of rotatable bonds is 9. The molecular formula is C19H18FN7O6. The number of aliphatic carboxylic acids is 2. The number of aromatic nitrogens is 4. The molecule has 2 aromatic heterocycles. The molecule has 1 aromatic carbocycles. The molecule has 0 unspecified atom stereocenters. The average molecular weight is 458 g/mol. The van der Waals surface area contributed by atoms with Crippen molar-refractivity contribution in [1.82, 2.24) is 25.3 Å². The summed E-state index contributed by atoms with van der Waals surface area (Å²) >= 11 is 0. The number of nitrogen functional groups attached to an aromatic ring is 1. The molecule has 13 nitrogen and oxygen atoms in total. The number of hydrogen-bond donors (Lipinski definition) is 6. The third-order valence-corrected chi connectivity index (χ3v) is 4.42. The molecule has 33 heavy (non-hydrogen) atoms. The Kier molecular flexibility index (Phi) is 6.76.